The number of pyridine rings is 1. The summed E-state index contributed by atoms with van der Waals surface area (Å²) < 4.78 is 12.4. The van der Waals surface area contributed by atoms with E-state index in [1.165, 1.54) is 12.3 Å². The first-order valence-electron chi connectivity index (χ1n) is 2.58. The molecule has 0 fully saturated rings. The Labute approximate surface area is 54.3 Å². The number of hydrogen-bond acceptors (Lipinski definition) is 1. The molecule has 3 heteroatoms. The van der Waals surface area contributed by atoms with E-state index < -0.39 is 0 Å². The highest BCUT2D eigenvalue weighted by Crippen LogP contribution is 1.96. The minimum absolute atomic E-state index is 0.352. The zero-order valence-corrected chi connectivity index (χ0v) is 5.06. The second-order valence-corrected chi connectivity index (χ2v) is 1.84. The fourth-order valence-electron chi connectivity index (χ4n) is 0.521. The quantitative estimate of drug-likeness (QED) is 0.450. The molecular formula is C6H5BFN. The Morgan fingerprint density at radius 1 is 1.67 bits per heavy atom. The van der Waals surface area contributed by atoms with E-state index in [1.54, 1.807) is 6.92 Å². The Hall–Kier alpha value is -0.855. The highest BCUT2D eigenvalue weighted by Gasteiger charge is 1.94. The molecular weight excluding hydrogens is 116 g/mol. The van der Waals surface area contributed by atoms with E-state index >= 15 is 0 Å². The molecule has 1 heterocycles. The number of rotatable bonds is 0. The standard InChI is InChI=1S/C6H5BFN/c1-4-6(8)2-5(7)3-9-4/h2-3H,1H3. The number of halogens is 1. The van der Waals surface area contributed by atoms with Gasteiger partial charge in [-0.15, -0.1) is 0 Å². The fraction of sp³-hybridized carbons (Fsp3) is 0.167. The van der Waals surface area contributed by atoms with Crippen molar-refractivity contribution in [3.63, 3.8) is 0 Å². The van der Waals surface area contributed by atoms with Crippen molar-refractivity contribution in [1.29, 1.82) is 0 Å². The van der Waals surface area contributed by atoms with Gasteiger partial charge in [0.15, 0.2) is 0 Å². The summed E-state index contributed by atoms with van der Waals surface area (Å²) in [6, 6.07) is 1.25. The first-order valence-corrected chi connectivity index (χ1v) is 2.58. The van der Waals surface area contributed by atoms with E-state index in [-0.39, 0.29) is 5.82 Å². The summed E-state index contributed by atoms with van der Waals surface area (Å²) in [5.74, 6) is -0.352. The molecule has 1 aromatic rings. The van der Waals surface area contributed by atoms with E-state index in [0.29, 0.717) is 11.2 Å². The van der Waals surface area contributed by atoms with E-state index in [4.69, 9.17) is 7.85 Å². The Balaban J connectivity index is 3.17. The third kappa shape index (κ3) is 1.28. The fourth-order valence-corrected chi connectivity index (χ4v) is 0.521. The molecule has 0 aliphatic rings. The first-order chi connectivity index (χ1) is 4.20. The third-order valence-corrected chi connectivity index (χ3v) is 1.05. The van der Waals surface area contributed by atoms with Crippen LogP contribution < -0.4 is 5.46 Å². The van der Waals surface area contributed by atoms with Gasteiger partial charge in [0.2, 0.25) is 0 Å². The zero-order valence-electron chi connectivity index (χ0n) is 5.06. The summed E-state index contributed by atoms with van der Waals surface area (Å²) >= 11 is 0. The zero-order chi connectivity index (χ0) is 6.85. The molecule has 0 spiro atoms. The molecule has 0 aliphatic carbocycles. The predicted molar refractivity (Wildman–Crippen MR) is 34.3 cm³/mol. The molecule has 1 nitrogen and oxygen atoms in total. The molecule has 44 valence electrons. The van der Waals surface area contributed by atoms with Gasteiger partial charge in [-0.05, 0) is 13.0 Å². The van der Waals surface area contributed by atoms with Gasteiger partial charge in [0.05, 0.1) is 5.69 Å². The van der Waals surface area contributed by atoms with Gasteiger partial charge in [0, 0.05) is 6.20 Å². The van der Waals surface area contributed by atoms with Crippen molar-refractivity contribution in [3.8, 4) is 0 Å². The summed E-state index contributed by atoms with van der Waals surface area (Å²) in [4.78, 5) is 3.68. The van der Waals surface area contributed by atoms with Crippen molar-refractivity contribution in [2.24, 2.45) is 0 Å². The van der Waals surface area contributed by atoms with Gasteiger partial charge in [-0.3, -0.25) is 4.98 Å². The van der Waals surface area contributed by atoms with Crippen LogP contribution in [-0.4, -0.2) is 12.8 Å². The van der Waals surface area contributed by atoms with Gasteiger partial charge < -0.3 is 0 Å². The lowest BCUT2D eigenvalue weighted by atomic mass is 9.99. The number of nitrogens with zero attached hydrogens (tertiary/aromatic N) is 1. The third-order valence-electron chi connectivity index (χ3n) is 1.05. The molecule has 1 rings (SSSR count). The molecule has 2 radical (unpaired) electrons. The van der Waals surface area contributed by atoms with Crippen molar-refractivity contribution in [3.05, 3.63) is 23.8 Å². The van der Waals surface area contributed by atoms with Crippen LogP contribution in [0, 0.1) is 12.7 Å². The molecule has 0 aromatic carbocycles. The van der Waals surface area contributed by atoms with Gasteiger partial charge in [0.25, 0.3) is 0 Å². The van der Waals surface area contributed by atoms with Crippen LogP contribution in [0.4, 0.5) is 4.39 Å². The van der Waals surface area contributed by atoms with Gasteiger partial charge in [-0.1, -0.05) is 5.46 Å². The Bertz CT molecular complexity index is 224. The largest absolute Gasteiger partial charge is 0.259 e. The van der Waals surface area contributed by atoms with Crippen LogP contribution in [0.25, 0.3) is 0 Å². The van der Waals surface area contributed by atoms with Crippen LogP contribution in [0.1, 0.15) is 5.69 Å². The van der Waals surface area contributed by atoms with Crippen LogP contribution in [0.3, 0.4) is 0 Å². The maximum atomic E-state index is 12.4. The van der Waals surface area contributed by atoms with Crippen molar-refractivity contribution in [2.75, 3.05) is 0 Å². The van der Waals surface area contributed by atoms with Gasteiger partial charge in [0.1, 0.15) is 13.7 Å². The van der Waals surface area contributed by atoms with Crippen molar-refractivity contribution in [1.82, 2.24) is 4.98 Å². The van der Waals surface area contributed by atoms with Crippen molar-refractivity contribution in [2.45, 2.75) is 6.92 Å². The minimum atomic E-state index is -0.352. The highest BCUT2D eigenvalue weighted by atomic mass is 19.1. The first kappa shape index (κ1) is 6.27. The molecule has 1 aromatic heterocycles. The molecule has 0 saturated carbocycles. The molecule has 0 amide bonds. The highest BCUT2D eigenvalue weighted by molar-refractivity contribution is 6.32. The maximum Gasteiger partial charge on any atom is 0.143 e. The number of aromatic nitrogens is 1. The molecule has 0 saturated heterocycles. The second kappa shape index (κ2) is 2.17. The van der Waals surface area contributed by atoms with E-state index in [2.05, 4.69) is 4.98 Å². The summed E-state index contributed by atoms with van der Waals surface area (Å²) in [5.41, 5.74) is 0.738. The molecule has 0 unspecified atom stereocenters. The summed E-state index contributed by atoms with van der Waals surface area (Å²) in [6.07, 6.45) is 1.43. The lowest BCUT2D eigenvalue weighted by Crippen LogP contribution is -2.05. The summed E-state index contributed by atoms with van der Waals surface area (Å²) in [7, 11) is 5.22. The summed E-state index contributed by atoms with van der Waals surface area (Å²) in [6.45, 7) is 1.59. The summed E-state index contributed by atoms with van der Waals surface area (Å²) in [5, 5.41) is 0. The van der Waals surface area contributed by atoms with Crippen molar-refractivity contribution < 1.29 is 4.39 Å². The van der Waals surface area contributed by atoms with Crippen molar-refractivity contribution >= 4 is 13.3 Å². The average Bonchev–Trinajstić information content (AvgIpc) is 1.80. The van der Waals surface area contributed by atoms with Crippen LogP contribution in [0.2, 0.25) is 0 Å². The second-order valence-electron chi connectivity index (χ2n) is 1.84. The lowest BCUT2D eigenvalue weighted by Gasteiger charge is -1.94. The number of hydrogen-bond donors (Lipinski definition) is 0. The maximum absolute atomic E-state index is 12.4. The van der Waals surface area contributed by atoms with Crippen LogP contribution >= 0.6 is 0 Å². The van der Waals surface area contributed by atoms with Crippen LogP contribution in [0.5, 0.6) is 0 Å². The van der Waals surface area contributed by atoms with E-state index in [9.17, 15) is 4.39 Å². The lowest BCUT2D eigenvalue weighted by molar-refractivity contribution is 0.611. The molecule has 0 N–H and O–H groups in total. The predicted octanol–water partition coefficient (Wildman–Crippen LogP) is 0.323. The van der Waals surface area contributed by atoms with Crippen LogP contribution in [-0.2, 0) is 0 Å². The Kier molecular flexibility index (Phi) is 1.51. The van der Waals surface area contributed by atoms with Crippen LogP contribution in [0.15, 0.2) is 12.3 Å². The van der Waals surface area contributed by atoms with E-state index in [1.807, 2.05) is 0 Å². The van der Waals surface area contributed by atoms with Gasteiger partial charge in [-0.25, -0.2) is 4.39 Å². The Morgan fingerprint density at radius 2 is 2.33 bits per heavy atom. The molecule has 0 atom stereocenters. The average molecular weight is 121 g/mol. The topological polar surface area (TPSA) is 12.9 Å². The smallest absolute Gasteiger partial charge is 0.143 e. The minimum Gasteiger partial charge on any atom is -0.259 e. The Morgan fingerprint density at radius 3 is 2.78 bits per heavy atom. The molecule has 0 bridgehead atoms. The van der Waals surface area contributed by atoms with Gasteiger partial charge in [-0.2, -0.15) is 0 Å². The van der Waals surface area contributed by atoms with Gasteiger partial charge >= 0.3 is 0 Å². The monoisotopic (exact) mass is 121 g/mol. The van der Waals surface area contributed by atoms with E-state index in [0.717, 1.165) is 0 Å². The molecule has 0 aliphatic heterocycles. The SMILES string of the molecule is [B]c1cnc(C)c(F)c1. The molecule has 9 heavy (non-hydrogen) atoms. The number of aryl methyl sites for hydroxylation is 1. The normalized spacial score (nSPS) is 9.56.